The minimum Gasteiger partial charge on any atom is -0.395 e. The summed E-state index contributed by atoms with van der Waals surface area (Å²) >= 11 is 1.43. The van der Waals surface area contributed by atoms with Gasteiger partial charge >= 0.3 is 0 Å². The summed E-state index contributed by atoms with van der Waals surface area (Å²) in [6, 6.07) is 0.138. The monoisotopic (exact) mass is 255 g/mol. The molecule has 0 radical (unpaired) electrons. The van der Waals surface area contributed by atoms with E-state index in [4.69, 9.17) is 5.11 Å². The second kappa shape index (κ2) is 5.57. The van der Waals surface area contributed by atoms with Crippen LogP contribution in [0.4, 0.5) is 5.13 Å². The van der Waals surface area contributed by atoms with Crippen molar-refractivity contribution in [1.29, 1.82) is 0 Å². The molecule has 2 N–H and O–H groups in total. The maximum atomic E-state index is 11.8. The van der Waals surface area contributed by atoms with Crippen molar-refractivity contribution in [2.24, 2.45) is 0 Å². The molecule has 1 aliphatic heterocycles. The first-order chi connectivity index (χ1) is 8.19. The number of nitrogens with zero attached hydrogens (tertiary/aromatic N) is 2. The third-order valence-electron chi connectivity index (χ3n) is 2.92. The molecule has 1 atom stereocenters. The molecule has 0 aliphatic carbocycles. The summed E-state index contributed by atoms with van der Waals surface area (Å²) in [6.07, 6.45) is 2.02. The van der Waals surface area contributed by atoms with Gasteiger partial charge < -0.3 is 10.4 Å². The van der Waals surface area contributed by atoms with E-state index >= 15 is 0 Å². The maximum absolute atomic E-state index is 11.8. The van der Waals surface area contributed by atoms with Gasteiger partial charge in [0.2, 0.25) is 5.91 Å². The van der Waals surface area contributed by atoms with E-state index in [9.17, 15) is 4.79 Å². The van der Waals surface area contributed by atoms with Gasteiger partial charge in [-0.2, -0.15) is 0 Å². The summed E-state index contributed by atoms with van der Waals surface area (Å²) in [6.45, 7) is 3.25. The molecular formula is C11H17N3O2S. The Bertz CT molecular complexity index is 394. The maximum Gasteiger partial charge on any atom is 0.240 e. The number of nitrogens with one attached hydrogen (secondary N) is 1. The largest absolute Gasteiger partial charge is 0.395 e. The number of carbonyl (C=O) groups excluding carboxylic acids is 1. The van der Waals surface area contributed by atoms with E-state index in [0.717, 1.165) is 25.1 Å². The number of anilines is 1. The molecule has 0 bridgehead atoms. The first-order valence-electron chi connectivity index (χ1n) is 5.76. The summed E-state index contributed by atoms with van der Waals surface area (Å²) in [5.41, 5.74) is 0.916. The Hall–Kier alpha value is -0.980. The molecule has 1 fully saturated rings. The Morgan fingerprint density at radius 3 is 3.24 bits per heavy atom. The molecule has 0 spiro atoms. The molecule has 2 rings (SSSR count). The van der Waals surface area contributed by atoms with Gasteiger partial charge in [0, 0.05) is 11.4 Å². The van der Waals surface area contributed by atoms with Gasteiger partial charge in [0.15, 0.2) is 5.13 Å². The third kappa shape index (κ3) is 3.24. The van der Waals surface area contributed by atoms with Crippen LogP contribution in [0, 0.1) is 6.92 Å². The molecule has 17 heavy (non-hydrogen) atoms. The van der Waals surface area contributed by atoms with Crippen LogP contribution in [-0.2, 0) is 4.79 Å². The lowest BCUT2D eigenvalue weighted by Gasteiger charge is -2.21. The summed E-state index contributed by atoms with van der Waals surface area (Å²) in [7, 11) is 0. The minimum absolute atomic E-state index is 0.0558. The highest BCUT2D eigenvalue weighted by Crippen LogP contribution is 2.17. The topological polar surface area (TPSA) is 65.5 Å². The minimum atomic E-state index is -0.0558. The second-order valence-electron chi connectivity index (χ2n) is 4.29. The van der Waals surface area contributed by atoms with Gasteiger partial charge in [0.25, 0.3) is 0 Å². The van der Waals surface area contributed by atoms with Gasteiger partial charge in [0.05, 0.1) is 18.8 Å². The fourth-order valence-corrected chi connectivity index (χ4v) is 2.77. The molecule has 0 saturated carbocycles. The number of thiazole rings is 1. The van der Waals surface area contributed by atoms with E-state index in [1.54, 1.807) is 0 Å². The Kier molecular flexibility index (Phi) is 4.09. The van der Waals surface area contributed by atoms with Crippen LogP contribution in [-0.4, -0.2) is 46.6 Å². The molecule has 1 amide bonds. The second-order valence-corrected chi connectivity index (χ2v) is 5.15. The molecule has 94 valence electrons. The zero-order valence-electron chi connectivity index (χ0n) is 9.85. The van der Waals surface area contributed by atoms with Crippen molar-refractivity contribution in [3.63, 3.8) is 0 Å². The van der Waals surface area contributed by atoms with E-state index in [1.807, 2.05) is 17.2 Å². The van der Waals surface area contributed by atoms with Gasteiger partial charge in [-0.1, -0.05) is 0 Å². The van der Waals surface area contributed by atoms with Crippen LogP contribution in [0.5, 0.6) is 0 Å². The number of rotatable bonds is 4. The van der Waals surface area contributed by atoms with Crippen molar-refractivity contribution in [3.05, 3.63) is 11.1 Å². The number of hydrogen-bond acceptors (Lipinski definition) is 5. The Morgan fingerprint density at radius 2 is 2.59 bits per heavy atom. The first kappa shape index (κ1) is 12.5. The van der Waals surface area contributed by atoms with Gasteiger partial charge in [-0.15, -0.1) is 11.3 Å². The average Bonchev–Trinajstić information content (AvgIpc) is 2.87. The first-order valence-corrected chi connectivity index (χ1v) is 6.64. The quantitative estimate of drug-likeness (QED) is 0.837. The van der Waals surface area contributed by atoms with Crippen molar-refractivity contribution < 1.29 is 9.90 Å². The average molecular weight is 255 g/mol. The number of likely N-dealkylation sites (tertiary alicyclic amines) is 1. The molecule has 0 unspecified atom stereocenters. The van der Waals surface area contributed by atoms with Gasteiger partial charge in [-0.3, -0.25) is 9.69 Å². The Labute approximate surface area is 104 Å². The van der Waals surface area contributed by atoms with Crippen LogP contribution >= 0.6 is 11.3 Å². The lowest BCUT2D eigenvalue weighted by Crippen LogP contribution is -2.38. The lowest BCUT2D eigenvalue weighted by molar-refractivity contribution is -0.117. The number of aryl methyl sites for hydroxylation is 1. The van der Waals surface area contributed by atoms with Crippen LogP contribution in [0.3, 0.4) is 0 Å². The summed E-state index contributed by atoms with van der Waals surface area (Å²) in [5, 5.41) is 14.5. The van der Waals surface area contributed by atoms with Crippen molar-refractivity contribution in [2.75, 3.05) is 25.0 Å². The smallest absolute Gasteiger partial charge is 0.240 e. The molecule has 1 aliphatic rings. The van der Waals surface area contributed by atoms with Crippen LogP contribution < -0.4 is 5.32 Å². The van der Waals surface area contributed by atoms with E-state index in [-0.39, 0.29) is 18.6 Å². The van der Waals surface area contributed by atoms with Gasteiger partial charge in [-0.05, 0) is 26.3 Å². The number of carbonyl (C=O) groups is 1. The van der Waals surface area contributed by atoms with Crippen LogP contribution in [0.15, 0.2) is 5.38 Å². The standard InChI is InChI=1S/C11H17N3O2S/c1-8-7-17-11(12-8)13-10(16)5-14-4-2-3-9(14)6-15/h7,9,15H,2-6H2,1H3,(H,12,13,16)/t9-/m0/s1. The predicted molar refractivity (Wildman–Crippen MR) is 67.2 cm³/mol. The molecule has 6 heteroatoms. The predicted octanol–water partition coefficient (Wildman–Crippen LogP) is 0.847. The van der Waals surface area contributed by atoms with Crippen molar-refractivity contribution in [1.82, 2.24) is 9.88 Å². The van der Waals surface area contributed by atoms with E-state index in [0.29, 0.717) is 11.7 Å². The fourth-order valence-electron chi connectivity index (χ4n) is 2.06. The van der Waals surface area contributed by atoms with Crippen LogP contribution in [0.2, 0.25) is 0 Å². The summed E-state index contributed by atoms with van der Waals surface area (Å²) in [5.74, 6) is -0.0558. The highest BCUT2D eigenvalue weighted by Gasteiger charge is 2.25. The number of amides is 1. The summed E-state index contributed by atoms with van der Waals surface area (Å²) in [4.78, 5) is 18.0. The zero-order chi connectivity index (χ0) is 12.3. The molecule has 1 saturated heterocycles. The highest BCUT2D eigenvalue weighted by atomic mass is 32.1. The zero-order valence-corrected chi connectivity index (χ0v) is 10.7. The third-order valence-corrected chi connectivity index (χ3v) is 3.80. The van der Waals surface area contributed by atoms with Crippen molar-refractivity contribution >= 4 is 22.4 Å². The normalized spacial score (nSPS) is 20.7. The Balaban J connectivity index is 1.85. The number of aliphatic hydroxyl groups is 1. The number of aromatic nitrogens is 1. The van der Waals surface area contributed by atoms with E-state index in [2.05, 4.69) is 10.3 Å². The van der Waals surface area contributed by atoms with Crippen LogP contribution in [0.1, 0.15) is 18.5 Å². The van der Waals surface area contributed by atoms with Crippen molar-refractivity contribution in [3.8, 4) is 0 Å². The van der Waals surface area contributed by atoms with E-state index in [1.165, 1.54) is 11.3 Å². The molecule has 2 heterocycles. The number of aliphatic hydroxyl groups excluding tert-OH is 1. The molecular weight excluding hydrogens is 238 g/mol. The highest BCUT2D eigenvalue weighted by molar-refractivity contribution is 7.13. The number of hydrogen-bond donors (Lipinski definition) is 2. The molecule has 0 aromatic carbocycles. The van der Waals surface area contributed by atoms with E-state index < -0.39 is 0 Å². The molecule has 1 aromatic heterocycles. The van der Waals surface area contributed by atoms with Crippen LogP contribution in [0.25, 0.3) is 0 Å². The fraction of sp³-hybridized carbons (Fsp3) is 0.636. The van der Waals surface area contributed by atoms with Gasteiger partial charge in [-0.25, -0.2) is 4.98 Å². The summed E-state index contributed by atoms with van der Waals surface area (Å²) < 4.78 is 0. The SMILES string of the molecule is Cc1csc(NC(=O)CN2CCC[C@H]2CO)n1. The lowest BCUT2D eigenvalue weighted by atomic mass is 10.2. The van der Waals surface area contributed by atoms with Crippen molar-refractivity contribution in [2.45, 2.75) is 25.8 Å². The molecule has 5 nitrogen and oxygen atoms in total. The van der Waals surface area contributed by atoms with Gasteiger partial charge in [0.1, 0.15) is 0 Å². The Morgan fingerprint density at radius 1 is 1.76 bits per heavy atom. The molecule has 1 aromatic rings.